The molecule has 0 aliphatic heterocycles. The Morgan fingerprint density at radius 1 is 1.31 bits per heavy atom. The van der Waals surface area contributed by atoms with Gasteiger partial charge in [0.1, 0.15) is 0 Å². The molecule has 0 rings (SSSR count). The highest BCUT2D eigenvalue weighted by molar-refractivity contribution is 5.84. The lowest BCUT2D eigenvalue weighted by molar-refractivity contribution is -0.123. The van der Waals surface area contributed by atoms with Gasteiger partial charge in [0, 0.05) is 13.2 Å². The summed E-state index contributed by atoms with van der Waals surface area (Å²) in [6, 6.07) is 0. The van der Waals surface area contributed by atoms with E-state index in [2.05, 4.69) is 12.2 Å². The van der Waals surface area contributed by atoms with Crippen LogP contribution in [0.3, 0.4) is 0 Å². The van der Waals surface area contributed by atoms with E-state index in [9.17, 15) is 4.79 Å². The summed E-state index contributed by atoms with van der Waals surface area (Å²) in [5.74, 6) is -0.290. The lowest BCUT2D eigenvalue weighted by Gasteiger charge is -2.25. The third kappa shape index (κ3) is 6.08. The number of nitrogens with one attached hydrogen (secondary N) is 1. The minimum Gasteiger partial charge on any atom is -0.381 e. The second-order valence-corrected chi connectivity index (χ2v) is 4.37. The molecule has 1 unspecified atom stereocenters. The van der Waals surface area contributed by atoms with Crippen molar-refractivity contribution >= 4 is 5.91 Å². The number of amides is 1. The zero-order valence-corrected chi connectivity index (χ0v) is 10.8. The van der Waals surface area contributed by atoms with E-state index in [4.69, 9.17) is 10.5 Å². The number of nitrogens with two attached hydrogens (primary N) is 1. The van der Waals surface area contributed by atoms with Crippen molar-refractivity contribution in [3.05, 3.63) is 0 Å². The molecule has 3 N–H and O–H groups in total. The Bertz CT molecular complexity index is 197. The number of likely N-dealkylation sites (N-methyl/N-ethyl adjacent to an activating group) is 1. The highest BCUT2D eigenvalue weighted by Crippen LogP contribution is 2.12. The summed E-state index contributed by atoms with van der Waals surface area (Å²) in [7, 11) is 1.77. The van der Waals surface area contributed by atoms with Crippen molar-refractivity contribution in [2.24, 2.45) is 5.73 Å². The van der Waals surface area contributed by atoms with E-state index in [-0.39, 0.29) is 5.91 Å². The summed E-state index contributed by atoms with van der Waals surface area (Å²) in [6.45, 7) is 5.61. The van der Waals surface area contributed by atoms with Gasteiger partial charge in [0.25, 0.3) is 0 Å². The summed E-state index contributed by atoms with van der Waals surface area (Å²) in [4.78, 5) is 11.2. The number of carbonyl (C=O) groups is 1. The Kier molecular flexibility index (Phi) is 8.21. The second-order valence-electron chi connectivity index (χ2n) is 4.37. The summed E-state index contributed by atoms with van der Waals surface area (Å²) in [6.07, 6.45) is 4.98. The van der Waals surface area contributed by atoms with E-state index in [0.29, 0.717) is 0 Å². The quantitative estimate of drug-likeness (QED) is 0.558. The lowest BCUT2D eigenvalue weighted by atomic mass is 9.94. The SMILES string of the molecule is CCCCOCCCCC(C)(NC)C(N)=O. The average Bonchev–Trinajstić information content (AvgIpc) is 2.27. The number of carbonyl (C=O) groups excluding carboxylic acids is 1. The van der Waals surface area contributed by atoms with E-state index in [0.717, 1.165) is 38.9 Å². The third-order valence-electron chi connectivity index (χ3n) is 2.95. The molecule has 0 radical (unpaired) electrons. The molecule has 4 heteroatoms. The summed E-state index contributed by atoms with van der Waals surface area (Å²) < 4.78 is 5.45. The van der Waals surface area contributed by atoms with Crippen molar-refractivity contribution in [1.29, 1.82) is 0 Å². The normalized spacial score (nSPS) is 14.7. The van der Waals surface area contributed by atoms with Gasteiger partial charge in [0.15, 0.2) is 0 Å². The van der Waals surface area contributed by atoms with Gasteiger partial charge in [-0.2, -0.15) is 0 Å². The van der Waals surface area contributed by atoms with Gasteiger partial charge in [-0.05, 0) is 39.7 Å². The Hall–Kier alpha value is -0.610. The fourth-order valence-electron chi connectivity index (χ4n) is 1.40. The van der Waals surface area contributed by atoms with Gasteiger partial charge >= 0.3 is 0 Å². The van der Waals surface area contributed by atoms with Crippen molar-refractivity contribution in [3.8, 4) is 0 Å². The minimum atomic E-state index is -0.580. The highest BCUT2D eigenvalue weighted by Gasteiger charge is 2.27. The maximum atomic E-state index is 11.2. The molecule has 0 aromatic heterocycles. The van der Waals surface area contributed by atoms with Crippen LogP contribution in [0, 0.1) is 0 Å². The van der Waals surface area contributed by atoms with Crippen LogP contribution in [0.15, 0.2) is 0 Å². The fraction of sp³-hybridized carbons (Fsp3) is 0.917. The summed E-state index contributed by atoms with van der Waals surface area (Å²) in [5.41, 5.74) is 4.75. The van der Waals surface area contributed by atoms with Gasteiger partial charge in [-0.3, -0.25) is 4.79 Å². The maximum absolute atomic E-state index is 11.2. The molecular formula is C12H26N2O2. The van der Waals surface area contributed by atoms with Crippen LogP contribution in [-0.4, -0.2) is 31.7 Å². The molecule has 96 valence electrons. The van der Waals surface area contributed by atoms with Gasteiger partial charge in [0.05, 0.1) is 5.54 Å². The third-order valence-corrected chi connectivity index (χ3v) is 2.95. The molecule has 0 saturated heterocycles. The molecule has 1 amide bonds. The fourth-order valence-corrected chi connectivity index (χ4v) is 1.40. The molecule has 4 nitrogen and oxygen atoms in total. The predicted octanol–water partition coefficient (Wildman–Crippen LogP) is 1.44. The van der Waals surface area contributed by atoms with E-state index in [1.807, 2.05) is 6.92 Å². The van der Waals surface area contributed by atoms with Crippen LogP contribution in [0.2, 0.25) is 0 Å². The monoisotopic (exact) mass is 230 g/mol. The van der Waals surface area contributed by atoms with Crippen LogP contribution in [0.4, 0.5) is 0 Å². The van der Waals surface area contributed by atoms with Crippen molar-refractivity contribution in [2.45, 2.75) is 51.5 Å². The first-order valence-corrected chi connectivity index (χ1v) is 6.13. The predicted molar refractivity (Wildman–Crippen MR) is 66.2 cm³/mol. The molecule has 0 aromatic rings. The van der Waals surface area contributed by atoms with Crippen molar-refractivity contribution in [3.63, 3.8) is 0 Å². The van der Waals surface area contributed by atoms with Gasteiger partial charge in [-0.25, -0.2) is 0 Å². The van der Waals surface area contributed by atoms with Crippen LogP contribution < -0.4 is 11.1 Å². The number of hydrogen-bond donors (Lipinski definition) is 2. The lowest BCUT2D eigenvalue weighted by Crippen LogP contribution is -2.51. The summed E-state index contributed by atoms with van der Waals surface area (Å²) >= 11 is 0. The van der Waals surface area contributed by atoms with Crippen molar-refractivity contribution in [1.82, 2.24) is 5.32 Å². The van der Waals surface area contributed by atoms with Crippen LogP contribution in [0.5, 0.6) is 0 Å². The number of unbranched alkanes of at least 4 members (excludes halogenated alkanes) is 2. The van der Waals surface area contributed by atoms with Crippen LogP contribution in [0.25, 0.3) is 0 Å². The molecule has 0 heterocycles. The van der Waals surface area contributed by atoms with E-state index in [1.54, 1.807) is 7.05 Å². The molecule has 16 heavy (non-hydrogen) atoms. The van der Waals surface area contributed by atoms with Crippen molar-refractivity contribution < 1.29 is 9.53 Å². The highest BCUT2D eigenvalue weighted by atomic mass is 16.5. The number of ether oxygens (including phenoxy) is 1. The number of rotatable bonds is 10. The van der Waals surface area contributed by atoms with Crippen molar-refractivity contribution in [2.75, 3.05) is 20.3 Å². The molecule has 1 atom stereocenters. The molecule has 0 fully saturated rings. The molecule has 0 bridgehead atoms. The minimum absolute atomic E-state index is 0.290. The topological polar surface area (TPSA) is 64.3 Å². The Labute approximate surface area is 98.9 Å². The molecule has 0 saturated carbocycles. The zero-order valence-electron chi connectivity index (χ0n) is 10.8. The first-order chi connectivity index (χ1) is 7.56. The van der Waals surface area contributed by atoms with Crippen LogP contribution in [0.1, 0.15) is 46.0 Å². The molecular weight excluding hydrogens is 204 g/mol. The molecule has 0 spiro atoms. The number of primary amides is 1. The average molecular weight is 230 g/mol. The molecule has 0 aliphatic rings. The van der Waals surface area contributed by atoms with Crippen LogP contribution in [-0.2, 0) is 9.53 Å². The van der Waals surface area contributed by atoms with E-state index >= 15 is 0 Å². The standard InChI is InChI=1S/C12H26N2O2/c1-4-5-9-16-10-7-6-8-12(2,14-3)11(13)15/h14H,4-10H2,1-3H3,(H2,13,15). The van der Waals surface area contributed by atoms with E-state index in [1.165, 1.54) is 6.42 Å². The van der Waals surface area contributed by atoms with Crippen LogP contribution >= 0.6 is 0 Å². The molecule has 0 aliphatic carbocycles. The second kappa shape index (κ2) is 8.53. The van der Waals surface area contributed by atoms with Gasteiger partial charge in [-0.1, -0.05) is 13.3 Å². The smallest absolute Gasteiger partial charge is 0.237 e. The largest absolute Gasteiger partial charge is 0.381 e. The first-order valence-electron chi connectivity index (χ1n) is 6.13. The number of hydrogen-bond acceptors (Lipinski definition) is 3. The summed E-state index contributed by atoms with van der Waals surface area (Å²) in [5, 5.41) is 2.97. The Morgan fingerprint density at radius 2 is 1.94 bits per heavy atom. The van der Waals surface area contributed by atoms with E-state index < -0.39 is 5.54 Å². The maximum Gasteiger partial charge on any atom is 0.237 e. The van der Waals surface area contributed by atoms with Gasteiger partial charge in [-0.15, -0.1) is 0 Å². The Morgan fingerprint density at radius 3 is 2.44 bits per heavy atom. The molecule has 0 aromatic carbocycles. The Balaban J connectivity index is 3.53. The van der Waals surface area contributed by atoms with Gasteiger partial charge in [0.2, 0.25) is 5.91 Å². The zero-order chi connectivity index (χ0) is 12.4. The first kappa shape index (κ1) is 15.4. The van der Waals surface area contributed by atoms with Gasteiger partial charge < -0.3 is 15.8 Å².